The minimum Gasteiger partial charge on any atom is -0.481 e. The lowest BCUT2D eigenvalue weighted by molar-refractivity contribution is -0.142. The number of carbonyl (C=O) groups is 1. The van der Waals surface area contributed by atoms with Crippen molar-refractivity contribution in [3.8, 4) is 0 Å². The molecule has 0 spiro atoms. The van der Waals surface area contributed by atoms with Gasteiger partial charge in [0, 0.05) is 18.9 Å². The van der Waals surface area contributed by atoms with Crippen molar-refractivity contribution in [2.75, 3.05) is 0 Å². The second-order valence-electron chi connectivity index (χ2n) is 5.21. The monoisotopic (exact) mass is 235 g/mol. The zero-order chi connectivity index (χ0) is 12.0. The number of carboxylic acids is 1. The first-order valence-electron chi connectivity index (χ1n) is 6.30. The molecule has 0 bridgehead atoms. The normalized spacial score (nSPS) is 28.5. The summed E-state index contributed by atoms with van der Waals surface area (Å²) in [4.78, 5) is 15.8. The maximum absolute atomic E-state index is 11.2. The van der Waals surface area contributed by atoms with Crippen molar-refractivity contribution in [2.45, 2.75) is 43.9 Å². The summed E-state index contributed by atoms with van der Waals surface area (Å²) >= 11 is 0. The van der Waals surface area contributed by atoms with Gasteiger partial charge in [-0.1, -0.05) is 6.42 Å². The van der Waals surface area contributed by atoms with Crippen LogP contribution in [-0.2, 0) is 11.8 Å². The average Bonchev–Trinajstić information content (AvgIpc) is 2.88. The Morgan fingerprint density at radius 2 is 2.12 bits per heavy atom. The molecule has 0 aliphatic heterocycles. The minimum atomic E-state index is -0.691. The van der Waals surface area contributed by atoms with Gasteiger partial charge in [-0.15, -0.1) is 0 Å². The van der Waals surface area contributed by atoms with E-state index in [1.807, 2.05) is 7.05 Å². The highest BCUT2D eigenvalue weighted by atomic mass is 16.4. The molecule has 3 rings (SSSR count). The Morgan fingerprint density at radius 3 is 2.76 bits per heavy atom. The molecule has 1 aromatic heterocycles. The summed E-state index contributed by atoms with van der Waals surface area (Å²) in [5.74, 6) is 1.40. The summed E-state index contributed by atoms with van der Waals surface area (Å²) in [6, 6.07) is 0. The highest BCUT2D eigenvalue weighted by Crippen LogP contribution is 2.42. The van der Waals surface area contributed by atoms with E-state index in [0.29, 0.717) is 5.92 Å². The predicted octanol–water partition coefficient (Wildman–Crippen LogP) is 1.66. The third-order valence-corrected chi connectivity index (χ3v) is 3.92. The van der Waals surface area contributed by atoms with E-state index in [4.69, 9.17) is 0 Å². The molecule has 2 saturated carbocycles. The van der Waals surface area contributed by atoms with Crippen LogP contribution >= 0.6 is 0 Å². The van der Waals surface area contributed by atoms with Crippen LogP contribution in [0.15, 0.2) is 0 Å². The van der Waals surface area contributed by atoms with Gasteiger partial charge < -0.3 is 5.11 Å². The van der Waals surface area contributed by atoms with Gasteiger partial charge >= 0.3 is 5.97 Å². The Kier molecular flexibility index (Phi) is 2.42. The number of carboxylic acid groups (broad SMARTS) is 1. The van der Waals surface area contributed by atoms with Crippen LogP contribution < -0.4 is 0 Å². The molecule has 0 aromatic carbocycles. The molecule has 1 N–H and O–H groups in total. The maximum Gasteiger partial charge on any atom is 0.307 e. The third-order valence-electron chi connectivity index (χ3n) is 3.92. The molecule has 0 amide bonds. The van der Waals surface area contributed by atoms with Gasteiger partial charge in [-0.3, -0.25) is 9.48 Å². The summed E-state index contributed by atoms with van der Waals surface area (Å²) in [6.45, 7) is 0. The van der Waals surface area contributed by atoms with Gasteiger partial charge in [-0.25, -0.2) is 4.98 Å². The van der Waals surface area contributed by atoms with Crippen molar-refractivity contribution in [2.24, 2.45) is 13.0 Å². The van der Waals surface area contributed by atoms with Crippen molar-refractivity contribution in [1.82, 2.24) is 14.8 Å². The van der Waals surface area contributed by atoms with E-state index in [2.05, 4.69) is 10.1 Å². The molecular weight excluding hydrogens is 218 g/mol. The first-order valence-corrected chi connectivity index (χ1v) is 6.30. The highest BCUT2D eigenvalue weighted by molar-refractivity contribution is 5.71. The number of hydrogen-bond acceptors (Lipinski definition) is 3. The molecule has 92 valence electrons. The SMILES string of the molecule is Cn1nc(C2CC2)nc1C1CCCC1C(=O)O. The molecular formula is C12H17N3O2. The van der Waals surface area contributed by atoms with Crippen LogP contribution in [-0.4, -0.2) is 25.8 Å². The Labute approximate surface area is 99.9 Å². The van der Waals surface area contributed by atoms with Crippen molar-refractivity contribution in [3.63, 3.8) is 0 Å². The molecule has 2 fully saturated rings. The second kappa shape index (κ2) is 3.82. The van der Waals surface area contributed by atoms with Gasteiger partial charge in [0.05, 0.1) is 5.92 Å². The van der Waals surface area contributed by atoms with Gasteiger partial charge in [-0.05, 0) is 25.7 Å². The summed E-state index contributed by atoms with van der Waals surface area (Å²) in [7, 11) is 1.88. The first-order chi connectivity index (χ1) is 8.16. The smallest absolute Gasteiger partial charge is 0.307 e. The molecule has 0 saturated heterocycles. The van der Waals surface area contributed by atoms with Gasteiger partial charge in [0.2, 0.25) is 0 Å². The van der Waals surface area contributed by atoms with Crippen LogP contribution in [0.3, 0.4) is 0 Å². The fraction of sp³-hybridized carbons (Fsp3) is 0.750. The van der Waals surface area contributed by atoms with E-state index in [1.54, 1.807) is 4.68 Å². The maximum atomic E-state index is 11.2. The third kappa shape index (κ3) is 1.83. The van der Waals surface area contributed by atoms with Crippen molar-refractivity contribution in [1.29, 1.82) is 0 Å². The lowest BCUT2D eigenvalue weighted by Crippen LogP contribution is -2.19. The van der Waals surface area contributed by atoms with Crippen LogP contribution in [0.2, 0.25) is 0 Å². The van der Waals surface area contributed by atoms with Crippen LogP contribution in [0.1, 0.15) is 55.6 Å². The van der Waals surface area contributed by atoms with Crippen molar-refractivity contribution < 1.29 is 9.90 Å². The van der Waals surface area contributed by atoms with E-state index in [9.17, 15) is 9.90 Å². The Bertz CT molecular complexity index is 451. The van der Waals surface area contributed by atoms with Crippen molar-refractivity contribution in [3.05, 3.63) is 11.6 Å². The van der Waals surface area contributed by atoms with E-state index in [1.165, 1.54) is 12.8 Å². The number of aromatic nitrogens is 3. The van der Waals surface area contributed by atoms with Crippen molar-refractivity contribution >= 4 is 5.97 Å². The number of rotatable bonds is 3. The van der Waals surface area contributed by atoms with Crippen LogP contribution in [0.5, 0.6) is 0 Å². The largest absolute Gasteiger partial charge is 0.481 e. The Balaban J connectivity index is 1.89. The quantitative estimate of drug-likeness (QED) is 0.865. The average molecular weight is 235 g/mol. The molecule has 0 radical (unpaired) electrons. The summed E-state index contributed by atoms with van der Waals surface area (Å²) in [6.07, 6.45) is 5.03. The lowest BCUT2D eigenvalue weighted by atomic mass is 9.95. The molecule has 2 aliphatic carbocycles. The number of aliphatic carboxylic acids is 1. The number of hydrogen-bond donors (Lipinski definition) is 1. The van der Waals surface area contributed by atoms with Crippen LogP contribution in [0, 0.1) is 5.92 Å². The number of aryl methyl sites for hydroxylation is 1. The zero-order valence-corrected chi connectivity index (χ0v) is 9.96. The van der Waals surface area contributed by atoms with E-state index in [-0.39, 0.29) is 11.8 Å². The van der Waals surface area contributed by atoms with E-state index >= 15 is 0 Å². The Morgan fingerprint density at radius 1 is 1.35 bits per heavy atom. The van der Waals surface area contributed by atoms with E-state index in [0.717, 1.165) is 30.9 Å². The lowest BCUT2D eigenvalue weighted by Gasteiger charge is -2.14. The molecule has 5 nitrogen and oxygen atoms in total. The summed E-state index contributed by atoms with van der Waals surface area (Å²) in [5, 5.41) is 13.6. The van der Waals surface area contributed by atoms with Crippen LogP contribution in [0.25, 0.3) is 0 Å². The van der Waals surface area contributed by atoms with Gasteiger partial charge in [-0.2, -0.15) is 5.10 Å². The fourth-order valence-corrected chi connectivity index (χ4v) is 2.82. The highest BCUT2D eigenvalue weighted by Gasteiger charge is 2.38. The minimum absolute atomic E-state index is 0.0532. The molecule has 1 heterocycles. The summed E-state index contributed by atoms with van der Waals surface area (Å²) < 4.78 is 1.79. The molecule has 5 heteroatoms. The molecule has 1 aromatic rings. The topological polar surface area (TPSA) is 68.0 Å². The van der Waals surface area contributed by atoms with Gasteiger partial charge in [0.15, 0.2) is 5.82 Å². The molecule has 17 heavy (non-hydrogen) atoms. The fourth-order valence-electron chi connectivity index (χ4n) is 2.82. The van der Waals surface area contributed by atoms with Gasteiger partial charge in [0.1, 0.15) is 5.82 Å². The standard InChI is InChI=1S/C12H17N3O2/c1-15-11(13-10(14-15)7-5-6-7)8-3-2-4-9(8)12(16)17/h7-9H,2-6H2,1H3,(H,16,17). The first kappa shape index (κ1) is 10.7. The molecule has 2 atom stereocenters. The second-order valence-corrected chi connectivity index (χ2v) is 5.21. The van der Waals surface area contributed by atoms with Crippen LogP contribution in [0.4, 0.5) is 0 Å². The zero-order valence-electron chi connectivity index (χ0n) is 9.96. The predicted molar refractivity (Wildman–Crippen MR) is 60.7 cm³/mol. The number of nitrogens with zero attached hydrogens (tertiary/aromatic N) is 3. The Hall–Kier alpha value is -1.39. The summed E-state index contributed by atoms with van der Waals surface area (Å²) in [5.41, 5.74) is 0. The van der Waals surface area contributed by atoms with E-state index < -0.39 is 5.97 Å². The molecule has 2 unspecified atom stereocenters. The van der Waals surface area contributed by atoms with Gasteiger partial charge in [0.25, 0.3) is 0 Å². The molecule has 2 aliphatic rings.